The summed E-state index contributed by atoms with van der Waals surface area (Å²) in [7, 11) is 0. The van der Waals surface area contributed by atoms with E-state index in [4.69, 9.17) is 21.9 Å². The largest absolute Gasteiger partial charge is 0.444 e. The molecule has 0 aromatic heterocycles. The Kier molecular flexibility index (Phi) is 7.75. The molecule has 2 aromatic carbocycles. The standard InChI is InChI=1S/C30H36F3N5O4S/c1-14-7-8-15(12-18(14)30(31,32)33)29(36)17-9-10-19(34)23-20(17)21(22(35)25(29)39)24(43-23)26(40)37-16-6-5-11-38(13-16)27(41)42-28(2,3)4/h7-10,12,16,21-22,24H,5-6,11,13,34-36H2,1-4H3,(H,37,40)/t16-,21?,22?,24?,29?/m1/s1. The van der Waals surface area contributed by atoms with Crippen molar-refractivity contribution in [1.29, 1.82) is 0 Å². The molecule has 5 rings (SSSR count). The molecule has 2 aliphatic heterocycles. The van der Waals surface area contributed by atoms with E-state index in [0.29, 0.717) is 35.5 Å². The number of nitrogens with two attached hydrogens (primary N) is 3. The van der Waals surface area contributed by atoms with Gasteiger partial charge in [-0.3, -0.25) is 9.59 Å². The summed E-state index contributed by atoms with van der Waals surface area (Å²) in [6.45, 7) is 7.43. The molecule has 13 heteroatoms. The highest BCUT2D eigenvalue weighted by atomic mass is 32.2. The third-order valence-electron chi connectivity index (χ3n) is 8.31. The first-order chi connectivity index (χ1) is 19.9. The molecule has 1 saturated heterocycles. The molecule has 1 fully saturated rings. The highest BCUT2D eigenvalue weighted by molar-refractivity contribution is 8.01. The first-order valence-electron chi connectivity index (χ1n) is 14.1. The number of likely N-dealkylation sites (tertiary alicyclic amines) is 1. The molecule has 1 aliphatic carbocycles. The fourth-order valence-corrected chi connectivity index (χ4v) is 7.72. The van der Waals surface area contributed by atoms with Gasteiger partial charge in [-0.25, -0.2) is 4.79 Å². The number of benzene rings is 2. The van der Waals surface area contributed by atoms with E-state index in [1.807, 2.05) is 0 Å². The minimum Gasteiger partial charge on any atom is -0.444 e. The number of ether oxygens (including phenoxy) is 1. The number of anilines is 1. The average molecular weight is 620 g/mol. The van der Waals surface area contributed by atoms with Crippen molar-refractivity contribution < 1.29 is 32.3 Å². The number of nitrogens with one attached hydrogen (secondary N) is 1. The topological polar surface area (TPSA) is 154 Å². The van der Waals surface area contributed by atoms with Gasteiger partial charge in [0.15, 0.2) is 5.78 Å². The summed E-state index contributed by atoms with van der Waals surface area (Å²) >= 11 is 1.16. The van der Waals surface area contributed by atoms with E-state index >= 15 is 0 Å². The smallest absolute Gasteiger partial charge is 0.416 e. The molecule has 232 valence electrons. The zero-order valence-corrected chi connectivity index (χ0v) is 25.2. The maximum atomic E-state index is 14.0. The van der Waals surface area contributed by atoms with Gasteiger partial charge in [-0.2, -0.15) is 13.2 Å². The fraction of sp³-hybridized carbons (Fsp3) is 0.500. The molecule has 3 aliphatic rings. The number of rotatable bonds is 3. The lowest BCUT2D eigenvalue weighted by atomic mass is 9.65. The zero-order chi connectivity index (χ0) is 31.6. The molecule has 2 heterocycles. The number of Topliss-reactive ketones (excluding diaryl/α,β-unsaturated/α-hetero) is 1. The Balaban J connectivity index is 1.46. The van der Waals surface area contributed by atoms with Crippen LogP contribution in [0.5, 0.6) is 0 Å². The minimum absolute atomic E-state index is 0.00643. The highest BCUT2D eigenvalue weighted by Crippen LogP contribution is 2.56. The number of halogens is 3. The fourth-order valence-electron chi connectivity index (χ4n) is 6.26. The number of carbonyl (C=O) groups is 3. The Morgan fingerprint density at radius 3 is 2.51 bits per heavy atom. The van der Waals surface area contributed by atoms with Crippen molar-refractivity contribution in [3.63, 3.8) is 0 Å². The van der Waals surface area contributed by atoms with Crippen LogP contribution in [-0.4, -0.2) is 58.7 Å². The van der Waals surface area contributed by atoms with Gasteiger partial charge in [0, 0.05) is 35.6 Å². The van der Waals surface area contributed by atoms with Crippen molar-refractivity contribution >= 4 is 35.2 Å². The first-order valence-corrected chi connectivity index (χ1v) is 15.0. The summed E-state index contributed by atoms with van der Waals surface area (Å²) < 4.78 is 46.9. The van der Waals surface area contributed by atoms with Crippen molar-refractivity contribution in [3.8, 4) is 0 Å². The van der Waals surface area contributed by atoms with Crippen LogP contribution >= 0.6 is 11.8 Å². The predicted molar refractivity (Wildman–Crippen MR) is 156 cm³/mol. The van der Waals surface area contributed by atoms with E-state index < -0.39 is 52.0 Å². The summed E-state index contributed by atoms with van der Waals surface area (Å²) in [6.07, 6.45) is -3.82. The number of thioether (sulfide) groups is 1. The van der Waals surface area contributed by atoms with Gasteiger partial charge in [0.25, 0.3) is 0 Å². The van der Waals surface area contributed by atoms with Crippen molar-refractivity contribution in [2.75, 3.05) is 18.8 Å². The Labute approximate surface area is 252 Å². The first kappa shape index (κ1) is 31.1. The van der Waals surface area contributed by atoms with Crippen LogP contribution in [0.25, 0.3) is 0 Å². The van der Waals surface area contributed by atoms with Gasteiger partial charge in [0.1, 0.15) is 11.1 Å². The van der Waals surface area contributed by atoms with E-state index in [-0.39, 0.29) is 35.2 Å². The van der Waals surface area contributed by atoms with E-state index in [1.165, 1.54) is 19.1 Å². The van der Waals surface area contributed by atoms with Crippen LogP contribution in [-0.2, 0) is 26.0 Å². The number of hydrogen-bond acceptors (Lipinski definition) is 8. The third kappa shape index (κ3) is 5.46. The van der Waals surface area contributed by atoms with Gasteiger partial charge < -0.3 is 32.2 Å². The maximum Gasteiger partial charge on any atom is 0.416 e. The Bertz CT molecular complexity index is 1490. The van der Waals surface area contributed by atoms with Gasteiger partial charge in [-0.15, -0.1) is 11.8 Å². The number of nitrogens with zero attached hydrogens (tertiary/aromatic N) is 1. The van der Waals surface area contributed by atoms with Crippen LogP contribution in [0.1, 0.15) is 67.3 Å². The predicted octanol–water partition coefficient (Wildman–Crippen LogP) is 3.78. The van der Waals surface area contributed by atoms with Crippen molar-refractivity contribution in [2.24, 2.45) is 11.5 Å². The van der Waals surface area contributed by atoms with Crippen LogP contribution in [0.2, 0.25) is 0 Å². The Morgan fingerprint density at radius 1 is 1.16 bits per heavy atom. The molecule has 0 bridgehead atoms. The summed E-state index contributed by atoms with van der Waals surface area (Å²) in [6, 6.07) is 5.03. The van der Waals surface area contributed by atoms with Crippen LogP contribution in [0.4, 0.5) is 23.7 Å². The number of amides is 2. The molecule has 2 amide bonds. The maximum absolute atomic E-state index is 14.0. The van der Waals surface area contributed by atoms with Crippen LogP contribution in [0.15, 0.2) is 35.2 Å². The molecule has 0 spiro atoms. The van der Waals surface area contributed by atoms with Crippen LogP contribution in [0, 0.1) is 6.92 Å². The number of alkyl halides is 3. The summed E-state index contributed by atoms with van der Waals surface area (Å²) in [5.74, 6) is -1.87. The zero-order valence-electron chi connectivity index (χ0n) is 24.4. The highest BCUT2D eigenvalue weighted by Gasteiger charge is 2.57. The Hall–Kier alpha value is -3.29. The second-order valence-electron chi connectivity index (χ2n) is 12.5. The van der Waals surface area contributed by atoms with Gasteiger partial charge in [0.05, 0.1) is 16.9 Å². The van der Waals surface area contributed by atoms with Gasteiger partial charge >= 0.3 is 12.3 Å². The Morgan fingerprint density at radius 2 is 1.86 bits per heavy atom. The summed E-state index contributed by atoms with van der Waals surface area (Å²) in [4.78, 5) is 42.4. The second kappa shape index (κ2) is 10.7. The molecule has 2 aromatic rings. The number of ketones is 1. The number of aryl methyl sites for hydroxylation is 1. The van der Waals surface area contributed by atoms with E-state index in [1.54, 1.807) is 37.8 Å². The third-order valence-corrected chi connectivity index (χ3v) is 9.76. The minimum atomic E-state index is -4.65. The van der Waals surface area contributed by atoms with Crippen LogP contribution in [0.3, 0.4) is 0 Å². The van der Waals surface area contributed by atoms with Crippen molar-refractivity contribution in [3.05, 3.63) is 58.1 Å². The molecule has 0 radical (unpaired) electrons. The lowest BCUT2D eigenvalue weighted by molar-refractivity contribution is -0.138. The molecule has 0 saturated carbocycles. The van der Waals surface area contributed by atoms with Gasteiger partial charge in [0.2, 0.25) is 5.91 Å². The second-order valence-corrected chi connectivity index (χ2v) is 13.7. The normalized spacial score (nSPS) is 27.1. The molecule has 43 heavy (non-hydrogen) atoms. The molecule has 9 nitrogen and oxygen atoms in total. The lowest BCUT2D eigenvalue weighted by Crippen LogP contribution is -2.61. The van der Waals surface area contributed by atoms with E-state index in [2.05, 4.69) is 5.32 Å². The number of hydrogen-bond donors (Lipinski definition) is 4. The quantitative estimate of drug-likeness (QED) is 0.379. The average Bonchev–Trinajstić information content (AvgIpc) is 3.32. The summed E-state index contributed by atoms with van der Waals surface area (Å²) in [5, 5.41) is 2.17. The lowest BCUT2D eigenvalue weighted by Gasteiger charge is -2.41. The monoisotopic (exact) mass is 619 g/mol. The van der Waals surface area contributed by atoms with E-state index in [0.717, 1.165) is 17.8 Å². The molecule has 7 N–H and O–H groups in total. The van der Waals surface area contributed by atoms with Gasteiger partial charge in [-0.05, 0) is 74.9 Å². The number of piperidine rings is 1. The van der Waals surface area contributed by atoms with Crippen molar-refractivity contribution in [2.45, 2.75) is 86.0 Å². The number of nitrogen functional groups attached to an aromatic ring is 1. The van der Waals surface area contributed by atoms with Crippen molar-refractivity contribution in [1.82, 2.24) is 10.2 Å². The molecular weight excluding hydrogens is 583 g/mol. The van der Waals surface area contributed by atoms with Gasteiger partial charge in [-0.1, -0.05) is 18.2 Å². The van der Waals surface area contributed by atoms with E-state index in [9.17, 15) is 27.6 Å². The molecule has 5 atom stereocenters. The number of carbonyl (C=O) groups excluding carboxylic acids is 3. The molecular formula is C30H36F3N5O4S. The summed E-state index contributed by atoms with van der Waals surface area (Å²) in [5.41, 5.74) is 17.1. The molecule has 4 unspecified atom stereocenters. The SMILES string of the molecule is Cc1ccc(C2(N)C(=O)C(N)C3c4c2ccc(N)c4SC3C(=O)N[C@@H]2CCCN(C(=O)OC(C)(C)C)C2)cc1C(F)(F)F. The van der Waals surface area contributed by atoms with Crippen LogP contribution < -0.4 is 22.5 Å².